The Morgan fingerprint density at radius 2 is 1.64 bits per heavy atom. The number of nitrogens with zero attached hydrogens (tertiary/aromatic N) is 2. The van der Waals surface area contributed by atoms with Crippen molar-refractivity contribution in [1.82, 2.24) is 9.97 Å². The van der Waals surface area contributed by atoms with Gasteiger partial charge in [-0.2, -0.15) is 0 Å². The topological polar surface area (TPSA) is 25.8 Å². The van der Waals surface area contributed by atoms with E-state index in [2.05, 4.69) is 70.6 Å². The molecule has 0 saturated carbocycles. The highest BCUT2D eigenvalue weighted by atomic mass is 32.2. The third kappa shape index (κ3) is 3.91. The van der Waals surface area contributed by atoms with Gasteiger partial charge in [0.1, 0.15) is 16.2 Å². The van der Waals surface area contributed by atoms with Gasteiger partial charge in [0.05, 0.1) is 0 Å². The highest BCUT2D eigenvalue weighted by molar-refractivity contribution is 7.99. The predicted molar refractivity (Wildman–Crippen MR) is 108 cm³/mol. The minimum Gasteiger partial charge on any atom is -0.229 e. The van der Waals surface area contributed by atoms with Gasteiger partial charge in [0, 0.05) is 10.3 Å². The summed E-state index contributed by atoms with van der Waals surface area (Å²) in [6.45, 7) is 0. The van der Waals surface area contributed by atoms with Gasteiger partial charge in [0.15, 0.2) is 0 Å². The summed E-state index contributed by atoms with van der Waals surface area (Å²) in [6, 6.07) is 23.4. The molecule has 0 atom stereocenters. The Balaban J connectivity index is 1.47. The third-order valence-electron chi connectivity index (χ3n) is 4.04. The zero-order valence-electron chi connectivity index (χ0n) is 13.8. The minimum absolute atomic E-state index is 1.07. The van der Waals surface area contributed by atoms with E-state index in [9.17, 15) is 0 Å². The molecule has 0 radical (unpaired) electrons. The minimum atomic E-state index is 1.07. The molecule has 0 spiro atoms. The van der Waals surface area contributed by atoms with Crippen LogP contribution in [0.5, 0.6) is 0 Å². The lowest BCUT2D eigenvalue weighted by molar-refractivity contribution is 0.931. The Labute approximate surface area is 156 Å². The monoisotopic (exact) mass is 362 g/mol. The van der Waals surface area contributed by atoms with E-state index in [4.69, 9.17) is 0 Å². The van der Waals surface area contributed by atoms with Crippen molar-refractivity contribution in [1.29, 1.82) is 0 Å². The molecule has 25 heavy (non-hydrogen) atoms. The van der Waals surface area contributed by atoms with Crippen LogP contribution < -0.4 is 0 Å². The van der Waals surface area contributed by atoms with Crippen molar-refractivity contribution in [3.8, 4) is 10.4 Å². The lowest BCUT2D eigenvalue weighted by Gasteiger charge is -2.02. The van der Waals surface area contributed by atoms with E-state index in [-0.39, 0.29) is 0 Å². The van der Waals surface area contributed by atoms with E-state index >= 15 is 0 Å². The maximum atomic E-state index is 4.52. The average molecular weight is 363 g/mol. The summed E-state index contributed by atoms with van der Waals surface area (Å²) in [5.74, 6) is 1.07. The number of rotatable bonds is 6. The number of fused-ring (bicyclic) bond motifs is 1. The summed E-state index contributed by atoms with van der Waals surface area (Å²) in [7, 11) is 0. The molecule has 2 aromatic carbocycles. The fourth-order valence-corrected chi connectivity index (χ4v) is 4.77. The molecule has 0 aliphatic heterocycles. The molecular weight excluding hydrogens is 344 g/mol. The van der Waals surface area contributed by atoms with Crippen molar-refractivity contribution in [2.75, 3.05) is 5.75 Å². The molecule has 0 amide bonds. The van der Waals surface area contributed by atoms with Crippen LogP contribution in [0.1, 0.15) is 12.0 Å². The van der Waals surface area contributed by atoms with Gasteiger partial charge in [-0.1, -0.05) is 60.7 Å². The lowest BCUT2D eigenvalue weighted by Crippen LogP contribution is -1.89. The second kappa shape index (κ2) is 7.81. The first-order valence-electron chi connectivity index (χ1n) is 8.37. The molecule has 0 aliphatic rings. The van der Waals surface area contributed by atoms with Crippen LogP contribution in [0.4, 0.5) is 0 Å². The van der Waals surface area contributed by atoms with Crippen LogP contribution in [0, 0.1) is 0 Å². The van der Waals surface area contributed by atoms with E-state index in [1.807, 2.05) is 17.8 Å². The van der Waals surface area contributed by atoms with Crippen LogP contribution in [0.15, 0.2) is 78.1 Å². The molecule has 4 rings (SSSR count). The first-order valence-corrected chi connectivity index (χ1v) is 10.2. The van der Waals surface area contributed by atoms with Crippen molar-refractivity contribution < 1.29 is 0 Å². The van der Waals surface area contributed by atoms with Crippen molar-refractivity contribution in [3.05, 3.63) is 78.6 Å². The van der Waals surface area contributed by atoms with E-state index in [1.165, 1.54) is 21.4 Å². The Morgan fingerprint density at radius 1 is 0.880 bits per heavy atom. The number of hydrogen-bond donors (Lipinski definition) is 0. The Hall–Kier alpha value is -2.17. The largest absolute Gasteiger partial charge is 0.229 e. The zero-order valence-corrected chi connectivity index (χ0v) is 15.4. The van der Waals surface area contributed by atoms with Crippen molar-refractivity contribution in [3.63, 3.8) is 0 Å². The zero-order chi connectivity index (χ0) is 16.9. The van der Waals surface area contributed by atoms with Gasteiger partial charge >= 0.3 is 0 Å². The molecule has 0 saturated heterocycles. The normalized spacial score (nSPS) is 11.0. The van der Waals surface area contributed by atoms with Crippen LogP contribution in [-0.2, 0) is 6.42 Å². The van der Waals surface area contributed by atoms with Crippen LogP contribution in [0.3, 0.4) is 0 Å². The SMILES string of the molecule is c1ccc(CCCSc2ncnc3sc(-c4ccccc4)cc23)cc1. The Bertz CT molecular complexity index is 949. The second-order valence-corrected chi connectivity index (χ2v) is 7.93. The van der Waals surface area contributed by atoms with Crippen molar-refractivity contribution in [2.24, 2.45) is 0 Å². The smallest absolute Gasteiger partial charge is 0.128 e. The lowest BCUT2D eigenvalue weighted by atomic mass is 10.1. The van der Waals surface area contributed by atoms with E-state index < -0.39 is 0 Å². The summed E-state index contributed by atoms with van der Waals surface area (Å²) in [5.41, 5.74) is 2.64. The summed E-state index contributed by atoms with van der Waals surface area (Å²) < 4.78 is 0. The van der Waals surface area contributed by atoms with Gasteiger partial charge < -0.3 is 0 Å². The first kappa shape index (κ1) is 16.3. The van der Waals surface area contributed by atoms with E-state index in [0.29, 0.717) is 0 Å². The van der Waals surface area contributed by atoms with Crippen LogP contribution in [-0.4, -0.2) is 15.7 Å². The maximum absolute atomic E-state index is 4.52. The standard InChI is InChI=1S/C21H18N2S2/c1-3-8-16(9-4-1)10-7-13-24-20-18-14-19(17-11-5-2-6-12-17)25-21(18)23-15-22-20/h1-6,8-9,11-12,14-15H,7,10,13H2. The second-order valence-electron chi connectivity index (χ2n) is 5.81. The molecule has 0 aliphatic carbocycles. The Kier molecular flexibility index (Phi) is 5.09. The number of thioether (sulfide) groups is 1. The molecule has 4 aromatic rings. The number of aryl methyl sites for hydroxylation is 1. The molecular formula is C21H18N2S2. The fourth-order valence-electron chi connectivity index (χ4n) is 2.78. The van der Waals surface area contributed by atoms with E-state index in [1.54, 1.807) is 17.7 Å². The van der Waals surface area contributed by atoms with Crippen LogP contribution in [0.25, 0.3) is 20.7 Å². The van der Waals surface area contributed by atoms with Gasteiger partial charge in [0.25, 0.3) is 0 Å². The van der Waals surface area contributed by atoms with Crippen molar-refractivity contribution >= 4 is 33.3 Å². The van der Waals surface area contributed by atoms with Gasteiger partial charge in [-0.15, -0.1) is 23.1 Å². The third-order valence-corrected chi connectivity index (χ3v) is 6.23. The number of thiophene rings is 1. The van der Waals surface area contributed by atoms with Crippen molar-refractivity contribution in [2.45, 2.75) is 17.9 Å². The van der Waals surface area contributed by atoms with Crippen LogP contribution in [0.2, 0.25) is 0 Å². The van der Waals surface area contributed by atoms with Gasteiger partial charge in [-0.05, 0) is 35.8 Å². The molecule has 0 bridgehead atoms. The van der Waals surface area contributed by atoms with Gasteiger partial charge in [-0.3, -0.25) is 0 Å². The van der Waals surface area contributed by atoms with Gasteiger partial charge in [0.2, 0.25) is 0 Å². The molecule has 2 aromatic heterocycles. The summed E-state index contributed by atoms with van der Waals surface area (Å²) in [4.78, 5) is 11.3. The van der Waals surface area contributed by atoms with E-state index in [0.717, 1.165) is 28.5 Å². The number of benzene rings is 2. The highest BCUT2D eigenvalue weighted by Crippen LogP contribution is 2.36. The summed E-state index contributed by atoms with van der Waals surface area (Å²) >= 11 is 3.57. The molecule has 0 fully saturated rings. The molecule has 124 valence electrons. The molecule has 2 heterocycles. The molecule has 2 nitrogen and oxygen atoms in total. The Morgan fingerprint density at radius 3 is 2.44 bits per heavy atom. The average Bonchev–Trinajstić information content (AvgIpc) is 3.12. The number of hydrogen-bond acceptors (Lipinski definition) is 4. The van der Waals surface area contributed by atoms with Gasteiger partial charge in [-0.25, -0.2) is 9.97 Å². The molecule has 4 heteroatoms. The highest BCUT2D eigenvalue weighted by Gasteiger charge is 2.10. The number of aromatic nitrogens is 2. The van der Waals surface area contributed by atoms with Crippen LogP contribution >= 0.6 is 23.1 Å². The molecule has 0 unspecified atom stereocenters. The summed E-state index contributed by atoms with van der Waals surface area (Å²) in [6.07, 6.45) is 3.95. The summed E-state index contributed by atoms with van der Waals surface area (Å²) in [5, 5.41) is 2.27. The first-order chi connectivity index (χ1) is 12.4. The predicted octanol–water partition coefficient (Wildman–Crippen LogP) is 6.08. The fraction of sp³-hybridized carbons (Fsp3) is 0.143. The quantitative estimate of drug-likeness (QED) is 0.236. The molecule has 0 N–H and O–H groups in total. The maximum Gasteiger partial charge on any atom is 0.128 e.